The molecule has 1 atom stereocenters. The Bertz CT molecular complexity index is 401. The average molecular weight is 238 g/mol. The lowest BCUT2D eigenvalue weighted by Gasteiger charge is -2.05. The summed E-state index contributed by atoms with van der Waals surface area (Å²) in [5.41, 5.74) is 0.959. The molecule has 0 radical (unpaired) electrons. The first-order valence-corrected chi connectivity index (χ1v) is 5.89. The third-order valence-corrected chi connectivity index (χ3v) is 3.27. The van der Waals surface area contributed by atoms with E-state index in [4.69, 9.17) is 10.00 Å². The van der Waals surface area contributed by atoms with Crippen molar-refractivity contribution < 1.29 is 9.53 Å². The van der Waals surface area contributed by atoms with Crippen LogP contribution in [0, 0.1) is 31.1 Å². The minimum absolute atomic E-state index is 0.299. The lowest BCUT2D eigenvalue weighted by atomic mass is 10.1. The number of hydrogen-bond donors (Lipinski definition) is 0. The van der Waals surface area contributed by atoms with E-state index >= 15 is 0 Å². The van der Waals surface area contributed by atoms with Crippen LogP contribution in [0.3, 0.4) is 0 Å². The Hall–Kier alpha value is -1.41. The Kier molecular flexibility index (Phi) is 4.44. The van der Waals surface area contributed by atoms with Crippen molar-refractivity contribution in [3.05, 3.63) is 15.6 Å². The molecule has 0 N–H and O–H groups in total. The first-order chi connectivity index (χ1) is 7.58. The van der Waals surface area contributed by atoms with Crippen molar-refractivity contribution in [3.8, 4) is 6.07 Å². The Morgan fingerprint density at radius 1 is 1.62 bits per heavy atom. The van der Waals surface area contributed by atoms with Gasteiger partial charge < -0.3 is 4.74 Å². The molecule has 0 spiro atoms. The predicted molar refractivity (Wildman–Crippen MR) is 61.0 cm³/mol. The van der Waals surface area contributed by atoms with E-state index in [0.29, 0.717) is 13.0 Å². The predicted octanol–water partition coefficient (Wildman–Crippen LogP) is 2.01. The molecule has 5 heteroatoms. The summed E-state index contributed by atoms with van der Waals surface area (Å²) in [6.07, 6.45) is 0.342. The summed E-state index contributed by atoms with van der Waals surface area (Å²) in [4.78, 5) is 16.8. The first-order valence-electron chi connectivity index (χ1n) is 5.07. The number of carbonyl (C=O) groups is 1. The minimum atomic E-state index is -0.745. The Morgan fingerprint density at radius 2 is 2.31 bits per heavy atom. The van der Waals surface area contributed by atoms with E-state index in [1.165, 1.54) is 11.3 Å². The third-order valence-electron chi connectivity index (χ3n) is 2.18. The van der Waals surface area contributed by atoms with Crippen LogP contribution < -0.4 is 0 Å². The molecule has 0 aliphatic carbocycles. The van der Waals surface area contributed by atoms with Crippen LogP contribution in [0.25, 0.3) is 0 Å². The van der Waals surface area contributed by atoms with Gasteiger partial charge in [-0.2, -0.15) is 5.26 Å². The molecule has 0 aliphatic heterocycles. The molecule has 0 saturated heterocycles. The van der Waals surface area contributed by atoms with Crippen LogP contribution in [0.2, 0.25) is 0 Å². The molecule has 1 unspecified atom stereocenters. The Morgan fingerprint density at radius 3 is 2.75 bits per heavy atom. The number of esters is 1. The second-order valence-corrected chi connectivity index (χ2v) is 4.67. The lowest BCUT2D eigenvalue weighted by Crippen LogP contribution is -2.18. The summed E-state index contributed by atoms with van der Waals surface area (Å²) in [6.45, 7) is 5.92. The molecule has 0 fully saturated rings. The molecule has 1 rings (SSSR count). The molecule has 0 bridgehead atoms. The van der Waals surface area contributed by atoms with E-state index in [-0.39, 0.29) is 0 Å². The summed E-state index contributed by atoms with van der Waals surface area (Å²) < 4.78 is 4.82. The second-order valence-electron chi connectivity index (χ2n) is 3.39. The van der Waals surface area contributed by atoms with Gasteiger partial charge in [0.1, 0.15) is 5.92 Å². The van der Waals surface area contributed by atoms with Gasteiger partial charge in [-0.25, -0.2) is 4.98 Å². The normalized spacial score (nSPS) is 11.9. The van der Waals surface area contributed by atoms with Crippen molar-refractivity contribution in [1.29, 1.82) is 5.26 Å². The van der Waals surface area contributed by atoms with Crippen molar-refractivity contribution in [2.45, 2.75) is 27.2 Å². The summed E-state index contributed by atoms with van der Waals surface area (Å²) in [7, 11) is 0. The highest BCUT2D eigenvalue weighted by Crippen LogP contribution is 2.19. The maximum Gasteiger partial charge on any atom is 0.323 e. The van der Waals surface area contributed by atoms with Gasteiger partial charge in [0.15, 0.2) is 0 Å². The van der Waals surface area contributed by atoms with Gasteiger partial charge in [-0.1, -0.05) is 0 Å². The molecule has 0 aliphatic rings. The number of aryl methyl sites for hydroxylation is 2. The first kappa shape index (κ1) is 12.7. The van der Waals surface area contributed by atoms with Crippen LogP contribution >= 0.6 is 11.3 Å². The van der Waals surface area contributed by atoms with Crippen LogP contribution in [0.4, 0.5) is 0 Å². The maximum atomic E-state index is 11.4. The van der Waals surface area contributed by atoms with E-state index in [0.717, 1.165) is 15.6 Å². The summed E-state index contributed by atoms with van der Waals surface area (Å²) in [6, 6.07) is 1.96. The molecule has 16 heavy (non-hydrogen) atoms. The number of thiazole rings is 1. The van der Waals surface area contributed by atoms with Gasteiger partial charge in [0.2, 0.25) is 0 Å². The van der Waals surface area contributed by atoms with Crippen LogP contribution in [0.1, 0.15) is 22.5 Å². The smallest absolute Gasteiger partial charge is 0.323 e. The maximum absolute atomic E-state index is 11.4. The summed E-state index contributed by atoms with van der Waals surface area (Å²) in [5.74, 6) is -1.21. The van der Waals surface area contributed by atoms with E-state index in [9.17, 15) is 4.79 Å². The van der Waals surface area contributed by atoms with Gasteiger partial charge in [0.25, 0.3) is 0 Å². The number of hydrogen-bond acceptors (Lipinski definition) is 5. The monoisotopic (exact) mass is 238 g/mol. The highest BCUT2D eigenvalue weighted by Gasteiger charge is 2.21. The summed E-state index contributed by atoms with van der Waals surface area (Å²) >= 11 is 1.52. The number of nitriles is 1. The van der Waals surface area contributed by atoms with Gasteiger partial charge in [0.05, 0.1) is 23.4 Å². The molecule has 1 aromatic rings. The van der Waals surface area contributed by atoms with E-state index < -0.39 is 11.9 Å². The highest BCUT2D eigenvalue weighted by atomic mass is 32.1. The number of aromatic nitrogens is 1. The molecule has 0 saturated carbocycles. The number of rotatable bonds is 4. The standard InChI is InChI=1S/C11H14N2O2S/c1-4-15-11(14)9(6-12)5-10-13-7(2)8(3)16-10/h9H,4-5H2,1-3H3. The zero-order valence-corrected chi connectivity index (χ0v) is 10.4. The molecule has 0 aromatic carbocycles. The molecule has 4 nitrogen and oxygen atoms in total. The SMILES string of the molecule is CCOC(=O)C(C#N)Cc1nc(C)c(C)s1. The van der Waals surface area contributed by atoms with Crippen molar-refractivity contribution in [1.82, 2.24) is 4.98 Å². The minimum Gasteiger partial charge on any atom is -0.465 e. The topological polar surface area (TPSA) is 63.0 Å². The average Bonchev–Trinajstić information content (AvgIpc) is 2.55. The summed E-state index contributed by atoms with van der Waals surface area (Å²) in [5, 5.41) is 9.70. The van der Waals surface area contributed by atoms with Crippen LogP contribution in [0.5, 0.6) is 0 Å². The Balaban J connectivity index is 2.71. The molecule has 1 heterocycles. The van der Waals surface area contributed by atoms with Crippen LogP contribution in [-0.2, 0) is 16.0 Å². The fraction of sp³-hybridized carbons (Fsp3) is 0.545. The van der Waals surface area contributed by atoms with E-state index in [1.54, 1.807) is 6.92 Å². The largest absolute Gasteiger partial charge is 0.465 e. The Labute approximate surface area is 98.9 Å². The molecule has 86 valence electrons. The molecular weight excluding hydrogens is 224 g/mol. The van der Waals surface area contributed by atoms with Gasteiger partial charge >= 0.3 is 5.97 Å². The zero-order chi connectivity index (χ0) is 12.1. The number of ether oxygens (including phenoxy) is 1. The molecule has 0 amide bonds. The van der Waals surface area contributed by atoms with Gasteiger partial charge in [0, 0.05) is 11.3 Å². The van der Waals surface area contributed by atoms with E-state index in [1.807, 2.05) is 19.9 Å². The van der Waals surface area contributed by atoms with Crippen LogP contribution in [-0.4, -0.2) is 17.6 Å². The highest BCUT2D eigenvalue weighted by molar-refractivity contribution is 7.11. The van der Waals surface area contributed by atoms with Crippen molar-refractivity contribution in [2.24, 2.45) is 5.92 Å². The van der Waals surface area contributed by atoms with Crippen molar-refractivity contribution >= 4 is 17.3 Å². The van der Waals surface area contributed by atoms with E-state index in [2.05, 4.69) is 4.98 Å². The van der Waals surface area contributed by atoms with Crippen LogP contribution in [0.15, 0.2) is 0 Å². The zero-order valence-electron chi connectivity index (χ0n) is 9.61. The molecular formula is C11H14N2O2S. The fourth-order valence-electron chi connectivity index (χ4n) is 1.23. The van der Waals surface area contributed by atoms with Gasteiger partial charge in [-0.05, 0) is 20.8 Å². The quantitative estimate of drug-likeness (QED) is 0.753. The van der Waals surface area contributed by atoms with Gasteiger partial charge in [-0.3, -0.25) is 4.79 Å². The van der Waals surface area contributed by atoms with Crippen molar-refractivity contribution in [3.63, 3.8) is 0 Å². The molecule has 1 aromatic heterocycles. The number of nitrogens with zero attached hydrogens (tertiary/aromatic N) is 2. The second kappa shape index (κ2) is 5.61. The van der Waals surface area contributed by atoms with Crippen molar-refractivity contribution in [2.75, 3.05) is 6.61 Å². The van der Waals surface area contributed by atoms with Gasteiger partial charge in [-0.15, -0.1) is 11.3 Å². The third kappa shape index (κ3) is 3.04. The lowest BCUT2D eigenvalue weighted by molar-refractivity contribution is -0.145. The fourth-order valence-corrected chi connectivity index (χ4v) is 2.20. The number of carbonyl (C=O) groups excluding carboxylic acids is 1.